The van der Waals surface area contributed by atoms with Crippen molar-refractivity contribution in [2.75, 3.05) is 6.54 Å². The minimum Gasteiger partial charge on any atom is -0.291 e. The molecular formula is C14H25N7. The van der Waals surface area contributed by atoms with Crippen molar-refractivity contribution in [3.8, 4) is 0 Å². The first-order valence-corrected chi connectivity index (χ1v) is 7.80. The summed E-state index contributed by atoms with van der Waals surface area (Å²) in [5, 5.41) is 21.3. The summed E-state index contributed by atoms with van der Waals surface area (Å²) in [5.74, 6) is 0. The molecule has 21 heavy (non-hydrogen) atoms. The normalized spacial score (nSPS) is 11.3. The average molecular weight is 291 g/mol. The number of aromatic nitrogens is 6. The van der Waals surface area contributed by atoms with E-state index in [9.17, 15) is 0 Å². The van der Waals surface area contributed by atoms with Crippen molar-refractivity contribution in [2.24, 2.45) is 0 Å². The Labute approximate surface area is 125 Å². The summed E-state index contributed by atoms with van der Waals surface area (Å²) >= 11 is 0. The number of rotatable bonds is 11. The van der Waals surface area contributed by atoms with Gasteiger partial charge in [-0.3, -0.25) is 4.90 Å². The van der Waals surface area contributed by atoms with Crippen molar-refractivity contribution < 1.29 is 0 Å². The number of nitrogens with zero attached hydrogens (tertiary/aromatic N) is 5. The van der Waals surface area contributed by atoms with Crippen LogP contribution in [0.4, 0.5) is 0 Å². The third-order valence-electron chi connectivity index (χ3n) is 3.53. The first-order valence-electron chi connectivity index (χ1n) is 7.80. The number of hydrogen-bond acceptors (Lipinski definition) is 5. The van der Waals surface area contributed by atoms with Gasteiger partial charge in [-0.2, -0.15) is 30.8 Å². The van der Waals surface area contributed by atoms with E-state index in [2.05, 4.69) is 42.6 Å². The molecule has 7 nitrogen and oxygen atoms in total. The van der Waals surface area contributed by atoms with E-state index < -0.39 is 0 Å². The fourth-order valence-electron chi connectivity index (χ4n) is 2.39. The van der Waals surface area contributed by atoms with Gasteiger partial charge >= 0.3 is 0 Å². The van der Waals surface area contributed by atoms with Crippen LogP contribution in [0.25, 0.3) is 0 Å². The maximum atomic E-state index is 4.13. The van der Waals surface area contributed by atoms with Gasteiger partial charge in [0.1, 0.15) is 0 Å². The van der Waals surface area contributed by atoms with Crippen LogP contribution in [0.15, 0.2) is 12.4 Å². The molecule has 2 rings (SSSR count). The summed E-state index contributed by atoms with van der Waals surface area (Å²) in [6, 6.07) is 0. The average Bonchev–Trinajstić information content (AvgIpc) is 3.16. The summed E-state index contributed by atoms with van der Waals surface area (Å²) in [5.41, 5.74) is 1.92. The SMILES string of the molecule is CCCCCCCCN(Cc1cn[nH]n1)Cc1cn[nH]n1. The van der Waals surface area contributed by atoms with Gasteiger partial charge in [-0.15, -0.1) is 0 Å². The summed E-state index contributed by atoms with van der Waals surface area (Å²) in [7, 11) is 0. The van der Waals surface area contributed by atoms with Crippen molar-refractivity contribution in [3.63, 3.8) is 0 Å². The van der Waals surface area contributed by atoms with E-state index in [1.165, 1.54) is 38.5 Å². The van der Waals surface area contributed by atoms with Gasteiger partial charge in [-0.05, 0) is 13.0 Å². The lowest BCUT2D eigenvalue weighted by Gasteiger charge is -2.19. The maximum Gasteiger partial charge on any atom is 0.0964 e. The van der Waals surface area contributed by atoms with Gasteiger partial charge in [0, 0.05) is 13.1 Å². The first-order chi connectivity index (χ1) is 10.4. The Morgan fingerprint density at radius 3 is 1.95 bits per heavy atom. The summed E-state index contributed by atoms with van der Waals surface area (Å²) in [4.78, 5) is 2.34. The minimum absolute atomic E-state index is 0.790. The zero-order chi connectivity index (χ0) is 14.8. The van der Waals surface area contributed by atoms with E-state index in [1.807, 2.05) is 0 Å². The van der Waals surface area contributed by atoms with E-state index in [0.717, 1.165) is 31.0 Å². The molecule has 0 aromatic carbocycles. The highest BCUT2D eigenvalue weighted by Crippen LogP contribution is 2.09. The van der Waals surface area contributed by atoms with E-state index in [-0.39, 0.29) is 0 Å². The molecule has 0 radical (unpaired) electrons. The summed E-state index contributed by atoms with van der Waals surface area (Å²) in [6.07, 6.45) is 11.4. The number of hydrogen-bond donors (Lipinski definition) is 2. The third kappa shape index (κ3) is 6.03. The lowest BCUT2D eigenvalue weighted by Crippen LogP contribution is -2.24. The summed E-state index contributed by atoms with van der Waals surface area (Å²) < 4.78 is 0. The second kappa shape index (κ2) is 9.23. The lowest BCUT2D eigenvalue weighted by molar-refractivity contribution is 0.244. The molecule has 0 fully saturated rings. The molecule has 0 aliphatic heterocycles. The molecule has 2 aromatic rings. The highest BCUT2D eigenvalue weighted by atomic mass is 15.3. The van der Waals surface area contributed by atoms with Crippen LogP contribution in [0.5, 0.6) is 0 Å². The van der Waals surface area contributed by atoms with Crippen LogP contribution in [0.2, 0.25) is 0 Å². The molecule has 116 valence electrons. The molecule has 0 spiro atoms. The predicted octanol–water partition coefficient (Wildman–Crippen LogP) is 2.29. The zero-order valence-electron chi connectivity index (χ0n) is 12.8. The van der Waals surface area contributed by atoms with Crippen LogP contribution >= 0.6 is 0 Å². The largest absolute Gasteiger partial charge is 0.291 e. The molecule has 0 saturated carbocycles. The highest BCUT2D eigenvalue weighted by Gasteiger charge is 2.10. The molecule has 0 bridgehead atoms. The summed E-state index contributed by atoms with van der Waals surface area (Å²) in [6.45, 7) is 4.88. The fourth-order valence-corrected chi connectivity index (χ4v) is 2.39. The molecular weight excluding hydrogens is 266 g/mol. The van der Waals surface area contributed by atoms with Gasteiger partial charge in [0.25, 0.3) is 0 Å². The number of aromatic amines is 2. The van der Waals surface area contributed by atoms with Crippen molar-refractivity contribution in [3.05, 3.63) is 23.8 Å². The Morgan fingerprint density at radius 1 is 0.857 bits per heavy atom. The Balaban J connectivity index is 1.75. The molecule has 0 aliphatic carbocycles. The molecule has 0 atom stereocenters. The smallest absolute Gasteiger partial charge is 0.0964 e. The topological polar surface area (TPSA) is 86.4 Å². The Morgan fingerprint density at radius 2 is 1.43 bits per heavy atom. The fraction of sp³-hybridized carbons (Fsp3) is 0.714. The molecule has 0 unspecified atom stereocenters. The first kappa shape index (κ1) is 15.6. The monoisotopic (exact) mass is 291 g/mol. The molecule has 0 saturated heterocycles. The Kier molecular flexibility index (Phi) is 6.87. The van der Waals surface area contributed by atoms with Crippen molar-refractivity contribution >= 4 is 0 Å². The molecule has 7 heteroatoms. The van der Waals surface area contributed by atoms with Crippen molar-refractivity contribution in [1.29, 1.82) is 0 Å². The Hall–Kier alpha value is -1.76. The van der Waals surface area contributed by atoms with Gasteiger partial charge < -0.3 is 0 Å². The van der Waals surface area contributed by atoms with E-state index in [0.29, 0.717) is 0 Å². The maximum absolute atomic E-state index is 4.13. The Bertz CT molecular complexity index is 415. The number of H-pyrrole nitrogens is 2. The minimum atomic E-state index is 0.790. The molecule has 2 N–H and O–H groups in total. The standard InChI is InChI=1S/C14H25N7/c1-2-3-4-5-6-7-8-21(11-13-9-15-19-17-13)12-14-10-16-20-18-14/h9-10H,2-8,11-12H2,1H3,(H,15,17,19)(H,16,18,20). The number of nitrogens with one attached hydrogen (secondary N) is 2. The van der Waals surface area contributed by atoms with Crippen LogP contribution in [-0.2, 0) is 13.1 Å². The lowest BCUT2D eigenvalue weighted by atomic mass is 10.1. The second-order valence-corrected chi connectivity index (χ2v) is 5.40. The van der Waals surface area contributed by atoms with E-state index in [1.54, 1.807) is 12.4 Å². The van der Waals surface area contributed by atoms with Gasteiger partial charge in [-0.25, -0.2) is 0 Å². The van der Waals surface area contributed by atoms with Crippen LogP contribution in [-0.4, -0.2) is 42.3 Å². The van der Waals surface area contributed by atoms with Crippen LogP contribution in [0.1, 0.15) is 56.8 Å². The van der Waals surface area contributed by atoms with Crippen LogP contribution < -0.4 is 0 Å². The van der Waals surface area contributed by atoms with Crippen LogP contribution in [0.3, 0.4) is 0 Å². The van der Waals surface area contributed by atoms with Gasteiger partial charge in [-0.1, -0.05) is 39.0 Å². The van der Waals surface area contributed by atoms with E-state index in [4.69, 9.17) is 0 Å². The van der Waals surface area contributed by atoms with Gasteiger partial charge in [0.05, 0.1) is 23.8 Å². The van der Waals surface area contributed by atoms with E-state index >= 15 is 0 Å². The van der Waals surface area contributed by atoms with Crippen LogP contribution in [0, 0.1) is 0 Å². The highest BCUT2D eigenvalue weighted by molar-refractivity contribution is 4.94. The quantitative estimate of drug-likeness (QED) is 0.620. The van der Waals surface area contributed by atoms with Crippen molar-refractivity contribution in [2.45, 2.75) is 58.5 Å². The molecule has 2 aromatic heterocycles. The molecule has 0 aliphatic rings. The third-order valence-corrected chi connectivity index (χ3v) is 3.53. The molecule has 0 amide bonds. The van der Waals surface area contributed by atoms with Gasteiger partial charge in [0.15, 0.2) is 0 Å². The number of unbranched alkanes of at least 4 members (excludes halogenated alkanes) is 5. The van der Waals surface area contributed by atoms with Gasteiger partial charge in [0.2, 0.25) is 0 Å². The molecule has 2 heterocycles. The zero-order valence-corrected chi connectivity index (χ0v) is 12.8. The van der Waals surface area contributed by atoms with Crippen molar-refractivity contribution in [1.82, 2.24) is 35.7 Å². The predicted molar refractivity (Wildman–Crippen MR) is 80.3 cm³/mol. The second-order valence-electron chi connectivity index (χ2n) is 5.40.